The number of pyridine rings is 1. The second kappa shape index (κ2) is 14.4. The van der Waals surface area contributed by atoms with Gasteiger partial charge in [0.2, 0.25) is 11.8 Å². The summed E-state index contributed by atoms with van der Waals surface area (Å²) in [5.41, 5.74) is 3.75. The van der Waals surface area contributed by atoms with E-state index in [9.17, 15) is 14.4 Å². The number of amides is 3. The molecule has 2 fully saturated rings. The van der Waals surface area contributed by atoms with Crippen LogP contribution in [-0.2, 0) is 20.9 Å². The van der Waals surface area contributed by atoms with Crippen molar-refractivity contribution >= 4 is 35.1 Å². The van der Waals surface area contributed by atoms with Gasteiger partial charge in [-0.1, -0.05) is 48.0 Å². The lowest BCUT2D eigenvalue weighted by Gasteiger charge is -2.30. The third-order valence-corrected chi connectivity index (χ3v) is 7.85. The van der Waals surface area contributed by atoms with E-state index in [0.29, 0.717) is 29.5 Å². The summed E-state index contributed by atoms with van der Waals surface area (Å²) in [6.45, 7) is 5.35. The number of hydrogen-bond acceptors (Lipinski definition) is 6. The van der Waals surface area contributed by atoms with Gasteiger partial charge in [0.25, 0.3) is 5.91 Å². The van der Waals surface area contributed by atoms with Gasteiger partial charge in [-0.25, -0.2) is 4.98 Å². The molecule has 10 heteroatoms. The molecule has 2 aromatic carbocycles. The lowest BCUT2D eigenvalue weighted by atomic mass is 9.98. The molecular formula is C32H36ClN5O4. The summed E-state index contributed by atoms with van der Waals surface area (Å²) in [5, 5.41) is 5.97. The predicted molar refractivity (Wildman–Crippen MR) is 162 cm³/mol. The van der Waals surface area contributed by atoms with Crippen LogP contribution in [-0.4, -0.2) is 77.9 Å². The highest BCUT2D eigenvalue weighted by Gasteiger charge is 2.29. The summed E-state index contributed by atoms with van der Waals surface area (Å²) in [7, 11) is 0. The zero-order chi connectivity index (χ0) is 29.3. The molecule has 3 aromatic rings. The molecule has 220 valence electrons. The molecule has 0 unspecified atom stereocenters. The first-order chi connectivity index (χ1) is 20.5. The maximum Gasteiger partial charge on any atom is 0.251 e. The van der Waals surface area contributed by atoms with E-state index in [1.165, 1.54) is 11.8 Å². The van der Waals surface area contributed by atoms with Gasteiger partial charge in [0.15, 0.2) is 0 Å². The molecule has 3 heterocycles. The van der Waals surface area contributed by atoms with Crippen molar-refractivity contribution in [1.29, 1.82) is 0 Å². The molecule has 0 saturated carbocycles. The number of carbonyl (C=O) groups is 3. The number of nitrogens with zero attached hydrogens (tertiary/aromatic N) is 3. The fraction of sp³-hybridized carbons (Fsp3) is 0.375. The van der Waals surface area contributed by atoms with Crippen molar-refractivity contribution < 1.29 is 19.1 Å². The van der Waals surface area contributed by atoms with Crippen LogP contribution < -0.4 is 10.6 Å². The predicted octanol–water partition coefficient (Wildman–Crippen LogP) is 4.37. The van der Waals surface area contributed by atoms with E-state index in [4.69, 9.17) is 16.3 Å². The van der Waals surface area contributed by atoms with Crippen LogP contribution in [0.5, 0.6) is 0 Å². The molecule has 2 saturated heterocycles. The van der Waals surface area contributed by atoms with E-state index in [2.05, 4.69) is 32.7 Å². The van der Waals surface area contributed by atoms with Crippen LogP contribution in [0.4, 0.5) is 5.82 Å². The smallest absolute Gasteiger partial charge is 0.251 e. The van der Waals surface area contributed by atoms with Crippen LogP contribution in [0.1, 0.15) is 41.6 Å². The van der Waals surface area contributed by atoms with Gasteiger partial charge in [0, 0.05) is 44.5 Å². The number of likely N-dealkylation sites (tertiary alicyclic amines) is 1. The summed E-state index contributed by atoms with van der Waals surface area (Å²) >= 11 is 5.89. The van der Waals surface area contributed by atoms with Crippen molar-refractivity contribution in [3.05, 3.63) is 83.0 Å². The number of anilines is 1. The summed E-state index contributed by atoms with van der Waals surface area (Å²) < 4.78 is 5.48. The largest absolute Gasteiger partial charge is 0.379 e. The van der Waals surface area contributed by atoms with E-state index >= 15 is 0 Å². The van der Waals surface area contributed by atoms with Crippen molar-refractivity contribution in [3.8, 4) is 11.1 Å². The Morgan fingerprint density at radius 1 is 0.905 bits per heavy atom. The summed E-state index contributed by atoms with van der Waals surface area (Å²) in [6.07, 6.45) is 4.09. The molecule has 2 aliphatic rings. The minimum Gasteiger partial charge on any atom is -0.379 e. The summed E-state index contributed by atoms with van der Waals surface area (Å²) in [5.74, 6) is -0.760. The van der Waals surface area contributed by atoms with Crippen molar-refractivity contribution in [2.45, 2.75) is 38.3 Å². The minimum atomic E-state index is -1.00. The fourth-order valence-electron chi connectivity index (χ4n) is 5.35. The Morgan fingerprint density at radius 2 is 1.64 bits per heavy atom. The third-order valence-electron chi connectivity index (χ3n) is 7.63. The number of carbonyl (C=O) groups excluding carboxylic acids is 3. The number of halogens is 1. The lowest BCUT2D eigenvalue weighted by molar-refractivity contribution is -0.135. The molecule has 9 nitrogen and oxygen atoms in total. The lowest BCUT2D eigenvalue weighted by Crippen LogP contribution is -2.51. The molecule has 1 aromatic heterocycles. The molecule has 0 bridgehead atoms. The molecule has 2 aliphatic heterocycles. The Balaban J connectivity index is 1.28. The Labute approximate surface area is 251 Å². The molecule has 2 N–H and O–H groups in total. The number of hydrogen-bond donors (Lipinski definition) is 2. The summed E-state index contributed by atoms with van der Waals surface area (Å²) in [6, 6.07) is 17.8. The van der Waals surface area contributed by atoms with Gasteiger partial charge in [-0.2, -0.15) is 0 Å². The molecule has 42 heavy (non-hydrogen) atoms. The standard InChI is InChI=1S/C32H36ClN5O4/c33-26-12-13-29(34-21-26)36-30(39)20-28(32(41)38-14-4-1-5-15-38)35-31(40)24-10-8-23(9-11-24)27-7-3-2-6-25(27)22-37-16-18-42-19-17-37/h2-3,6-13,21,28H,1,4-5,14-20,22H2,(H,35,40)(H,34,36,39)/t28-/m0/s1. The van der Waals surface area contributed by atoms with Crippen molar-refractivity contribution in [3.63, 3.8) is 0 Å². The SMILES string of the molecule is O=C(C[C@H](NC(=O)c1ccc(-c2ccccc2CN2CCOCC2)cc1)C(=O)N1CCCCC1)Nc1ccc(Cl)cn1. The monoisotopic (exact) mass is 589 g/mol. The van der Waals surface area contributed by atoms with E-state index < -0.39 is 17.9 Å². The number of aromatic nitrogens is 1. The quantitative estimate of drug-likeness (QED) is 0.384. The number of nitrogens with one attached hydrogen (secondary N) is 2. The van der Waals surface area contributed by atoms with E-state index in [0.717, 1.165) is 63.2 Å². The Hall–Kier alpha value is -3.79. The topological polar surface area (TPSA) is 104 Å². The number of piperidine rings is 1. The molecule has 0 spiro atoms. The van der Waals surface area contributed by atoms with Crippen LogP contribution in [0.2, 0.25) is 5.02 Å². The Kier molecular flexibility index (Phi) is 10.2. The number of ether oxygens (including phenoxy) is 1. The van der Waals surface area contributed by atoms with E-state index in [-0.39, 0.29) is 12.3 Å². The van der Waals surface area contributed by atoms with Crippen molar-refractivity contribution in [2.75, 3.05) is 44.7 Å². The molecular weight excluding hydrogens is 554 g/mol. The first-order valence-corrected chi connectivity index (χ1v) is 14.8. The zero-order valence-electron chi connectivity index (χ0n) is 23.6. The average molecular weight is 590 g/mol. The second-order valence-corrected chi connectivity index (χ2v) is 11.1. The van der Waals surface area contributed by atoms with Gasteiger partial charge in [0.05, 0.1) is 24.7 Å². The number of rotatable bonds is 9. The minimum absolute atomic E-state index is 0.210. The maximum absolute atomic E-state index is 13.4. The highest BCUT2D eigenvalue weighted by molar-refractivity contribution is 6.30. The van der Waals surface area contributed by atoms with Gasteiger partial charge in [-0.05, 0) is 60.2 Å². The van der Waals surface area contributed by atoms with Crippen LogP contribution in [0.3, 0.4) is 0 Å². The van der Waals surface area contributed by atoms with Crippen LogP contribution >= 0.6 is 11.6 Å². The third kappa shape index (κ3) is 7.94. The van der Waals surface area contributed by atoms with Crippen molar-refractivity contribution in [2.24, 2.45) is 0 Å². The molecule has 5 rings (SSSR count). The average Bonchev–Trinajstić information content (AvgIpc) is 3.03. The number of benzene rings is 2. The fourth-order valence-corrected chi connectivity index (χ4v) is 5.46. The Morgan fingerprint density at radius 3 is 2.36 bits per heavy atom. The first-order valence-electron chi connectivity index (χ1n) is 14.5. The maximum atomic E-state index is 13.4. The highest BCUT2D eigenvalue weighted by Crippen LogP contribution is 2.26. The van der Waals surface area contributed by atoms with Crippen molar-refractivity contribution in [1.82, 2.24) is 20.1 Å². The van der Waals surface area contributed by atoms with Crippen LogP contribution in [0.15, 0.2) is 66.9 Å². The van der Waals surface area contributed by atoms with Gasteiger partial charge >= 0.3 is 0 Å². The van der Waals surface area contributed by atoms with Gasteiger partial charge in [0.1, 0.15) is 11.9 Å². The van der Waals surface area contributed by atoms with Crippen LogP contribution in [0.25, 0.3) is 11.1 Å². The second-order valence-electron chi connectivity index (χ2n) is 10.6. The van der Waals surface area contributed by atoms with Crippen LogP contribution in [0, 0.1) is 0 Å². The molecule has 0 radical (unpaired) electrons. The van der Waals surface area contributed by atoms with E-state index in [1.807, 2.05) is 24.3 Å². The zero-order valence-corrected chi connectivity index (χ0v) is 24.3. The first kappa shape index (κ1) is 29.7. The highest BCUT2D eigenvalue weighted by atomic mass is 35.5. The normalized spacial score (nSPS) is 16.5. The van der Waals surface area contributed by atoms with Gasteiger partial charge in [-0.3, -0.25) is 19.3 Å². The molecule has 3 amide bonds. The van der Waals surface area contributed by atoms with Gasteiger partial charge in [-0.15, -0.1) is 0 Å². The number of morpholine rings is 1. The summed E-state index contributed by atoms with van der Waals surface area (Å²) in [4.78, 5) is 47.8. The molecule has 0 aliphatic carbocycles. The molecule has 1 atom stereocenters. The van der Waals surface area contributed by atoms with Gasteiger partial charge < -0.3 is 20.3 Å². The Bertz CT molecular complexity index is 1370. The van der Waals surface area contributed by atoms with E-state index in [1.54, 1.807) is 29.2 Å².